The molecule has 0 fully saturated rings. The first-order chi connectivity index (χ1) is 7.54. The Morgan fingerprint density at radius 1 is 1.25 bits per heavy atom. The highest BCUT2D eigenvalue weighted by Gasteiger charge is 2.17. The minimum absolute atomic E-state index is 0.111. The zero-order chi connectivity index (χ0) is 12.6. The Balaban J connectivity index is 3.90. The van der Waals surface area contributed by atoms with Gasteiger partial charge in [-0.1, -0.05) is 0 Å². The van der Waals surface area contributed by atoms with Crippen molar-refractivity contribution in [1.82, 2.24) is 10.6 Å². The molecule has 0 aromatic heterocycles. The fourth-order valence-electron chi connectivity index (χ4n) is 1.13. The summed E-state index contributed by atoms with van der Waals surface area (Å²) in [6.45, 7) is 1.49. The molecule has 0 bridgehead atoms. The van der Waals surface area contributed by atoms with Crippen molar-refractivity contribution in [2.24, 2.45) is 5.73 Å². The zero-order valence-electron chi connectivity index (χ0n) is 9.78. The molecule has 1 unspecified atom stereocenters. The van der Waals surface area contributed by atoms with Crippen LogP contribution < -0.4 is 16.4 Å². The maximum atomic E-state index is 11.3. The lowest BCUT2D eigenvalue weighted by molar-refractivity contribution is -0.136. The number of hydrogen-bond donors (Lipinski definition) is 3. The SMILES string of the molecule is COC(OC)C(C)NC(=O)CNC(=O)CN. The third-order valence-electron chi connectivity index (χ3n) is 1.89. The number of hydrogen-bond acceptors (Lipinski definition) is 5. The van der Waals surface area contributed by atoms with E-state index in [0.29, 0.717) is 0 Å². The molecule has 1 atom stereocenters. The van der Waals surface area contributed by atoms with Gasteiger partial charge in [-0.15, -0.1) is 0 Å². The van der Waals surface area contributed by atoms with Crippen LogP contribution in [0.25, 0.3) is 0 Å². The Kier molecular flexibility index (Phi) is 7.44. The van der Waals surface area contributed by atoms with E-state index in [0.717, 1.165) is 0 Å². The molecule has 0 aromatic carbocycles. The van der Waals surface area contributed by atoms with Crippen molar-refractivity contribution in [2.75, 3.05) is 27.3 Å². The van der Waals surface area contributed by atoms with Gasteiger partial charge >= 0.3 is 0 Å². The van der Waals surface area contributed by atoms with Gasteiger partial charge in [0.15, 0.2) is 6.29 Å². The van der Waals surface area contributed by atoms with E-state index in [9.17, 15) is 9.59 Å². The molecule has 0 radical (unpaired) electrons. The lowest BCUT2D eigenvalue weighted by Crippen LogP contribution is -2.47. The predicted molar refractivity (Wildman–Crippen MR) is 57.5 cm³/mol. The van der Waals surface area contributed by atoms with Gasteiger partial charge in [-0.25, -0.2) is 0 Å². The second-order valence-corrected chi connectivity index (χ2v) is 3.18. The van der Waals surface area contributed by atoms with E-state index >= 15 is 0 Å². The van der Waals surface area contributed by atoms with Gasteiger partial charge in [0, 0.05) is 14.2 Å². The molecule has 0 aliphatic carbocycles. The number of nitrogens with one attached hydrogen (secondary N) is 2. The van der Waals surface area contributed by atoms with E-state index in [-0.39, 0.29) is 30.9 Å². The summed E-state index contributed by atoms with van der Waals surface area (Å²) < 4.78 is 9.93. The summed E-state index contributed by atoms with van der Waals surface area (Å²) in [5, 5.41) is 4.97. The van der Waals surface area contributed by atoms with Crippen LogP contribution in [-0.4, -0.2) is 51.5 Å². The van der Waals surface area contributed by atoms with Crippen LogP contribution in [0, 0.1) is 0 Å². The summed E-state index contributed by atoms with van der Waals surface area (Å²) in [5.41, 5.74) is 5.07. The number of nitrogens with two attached hydrogens (primary N) is 1. The number of methoxy groups -OCH3 is 2. The fourth-order valence-corrected chi connectivity index (χ4v) is 1.13. The standard InChI is InChI=1S/C9H19N3O4/c1-6(9(15-2)16-3)12-8(14)5-11-7(13)4-10/h6,9H,4-5,10H2,1-3H3,(H,11,13)(H,12,14). The van der Waals surface area contributed by atoms with E-state index in [1.165, 1.54) is 14.2 Å². The minimum Gasteiger partial charge on any atom is -0.354 e. The van der Waals surface area contributed by atoms with E-state index in [2.05, 4.69) is 10.6 Å². The number of carbonyl (C=O) groups excluding carboxylic acids is 2. The molecule has 0 spiro atoms. The van der Waals surface area contributed by atoms with Gasteiger partial charge in [0.25, 0.3) is 0 Å². The molecular weight excluding hydrogens is 214 g/mol. The van der Waals surface area contributed by atoms with Crippen LogP contribution >= 0.6 is 0 Å². The second kappa shape index (κ2) is 8.03. The summed E-state index contributed by atoms with van der Waals surface area (Å²) in [7, 11) is 2.96. The zero-order valence-corrected chi connectivity index (χ0v) is 9.78. The average Bonchev–Trinajstić information content (AvgIpc) is 2.27. The monoisotopic (exact) mass is 233 g/mol. The predicted octanol–water partition coefficient (Wildman–Crippen LogP) is -1.82. The quantitative estimate of drug-likeness (QED) is 0.449. The van der Waals surface area contributed by atoms with Gasteiger partial charge in [-0.05, 0) is 6.92 Å². The van der Waals surface area contributed by atoms with E-state index in [1.54, 1.807) is 6.92 Å². The van der Waals surface area contributed by atoms with E-state index in [4.69, 9.17) is 15.2 Å². The second-order valence-electron chi connectivity index (χ2n) is 3.18. The molecule has 94 valence electrons. The summed E-state index contributed by atoms with van der Waals surface area (Å²) in [6.07, 6.45) is -0.519. The first-order valence-corrected chi connectivity index (χ1v) is 4.86. The molecule has 2 amide bonds. The van der Waals surface area contributed by atoms with Crippen LogP contribution in [0.15, 0.2) is 0 Å². The minimum atomic E-state index is -0.519. The van der Waals surface area contributed by atoms with Gasteiger partial charge in [0.05, 0.1) is 19.1 Å². The normalized spacial score (nSPS) is 12.3. The number of amides is 2. The maximum absolute atomic E-state index is 11.3. The van der Waals surface area contributed by atoms with Crippen molar-refractivity contribution >= 4 is 11.8 Å². The molecular formula is C9H19N3O4. The van der Waals surface area contributed by atoms with Gasteiger partial charge in [-0.2, -0.15) is 0 Å². The fraction of sp³-hybridized carbons (Fsp3) is 0.778. The third kappa shape index (κ3) is 5.64. The van der Waals surface area contributed by atoms with Crippen molar-refractivity contribution in [2.45, 2.75) is 19.3 Å². The third-order valence-corrected chi connectivity index (χ3v) is 1.89. The average molecular weight is 233 g/mol. The summed E-state index contributed by atoms with van der Waals surface area (Å²) in [6, 6.07) is -0.308. The van der Waals surface area contributed by atoms with Crippen LogP contribution in [-0.2, 0) is 19.1 Å². The van der Waals surface area contributed by atoms with Gasteiger partial charge in [0.1, 0.15) is 0 Å². The molecule has 0 aliphatic heterocycles. The first-order valence-electron chi connectivity index (χ1n) is 4.86. The van der Waals surface area contributed by atoms with Crippen molar-refractivity contribution in [1.29, 1.82) is 0 Å². The van der Waals surface area contributed by atoms with Crippen LogP contribution in [0.5, 0.6) is 0 Å². The van der Waals surface area contributed by atoms with Crippen LogP contribution in [0.4, 0.5) is 0 Å². The Bertz CT molecular complexity index is 231. The highest BCUT2D eigenvalue weighted by atomic mass is 16.7. The maximum Gasteiger partial charge on any atom is 0.239 e. The Morgan fingerprint density at radius 2 is 1.81 bits per heavy atom. The van der Waals surface area contributed by atoms with Crippen LogP contribution in [0.1, 0.15) is 6.92 Å². The topological polar surface area (TPSA) is 103 Å². The van der Waals surface area contributed by atoms with Crippen molar-refractivity contribution < 1.29 is 19.1 Å². The number of carbonyl (C=O) groups is 2. The first kappa shape index (κ1) is 14.8. The van der Waals surface area contributed by atoms with Crippen LogP contribution in [0.3, 0.4) is 0 Å². The molecule has 0 saturated carbocycles. The van der Waals surface area contributed by atoms with Crippen molar-refractivity contribution in [3.05, 3.63) is 0 Å². The summed E-state index contributed by atoms with van der Waals surface area (Å²) >= 11 is 0. The summed E-state index contributed by atoms with van der Waals surface area (Å²) in [4.78, 5) is 22.1. The van der Waals surface area contributed by atoms with Gasteiger partial charge in [-0.3, -0.25) is 9.59 Å². The molecule has 16 heavy (non-hydrogen) atoms. The molecule has 0 rings (SSSR count). The van der Waals surface area contributed by atoms with Crippen LogP contribution in [0.2, 0.25) is 0 Å². The van der Waals surface area contributed by atoms with E-state index < -0.39 is 6.29 Å². The Morgan fingerprint density at radius 3 is 2.25 bits per heavy atom. The largest absolute Gasteiger partial charge is 0.354 e. The molecule has 0 aliphatic rings. The lowest BCUT2D eigenvalue weighted by atomic mass is 10.3. The molecule has 0 saturated heterocycles. The van der Waals surface area contributed by atoms with Gasteiger partial charge in [0.2, 0.25) is 11.8 Å². The molecule has 0 aromatic rings. The smallest absolute Gasteiger partial charge is 0.239 e. The van der Waals surface area contributed by atoms with Crippen molar-refractivity contribution in [3.63, 3.8) is 0 Å². The highest BCUT2D eigenvalue weighted by Crippen LogP contribution is 1.97. The number of rotatable bonds is 7. The van der Waals surface area contributed by atoms with E-state index in [1.807, 2.05) is 0 Å². The van der Waals surface area contributed by atoms with Gasteiger partial charge < -0.3 is 25.8 Å². The summed E-state index contributed by atoms with van der Waals surface area (Å²) in [5.74, 6) is -0.703. The number of ether oxygens (including phenoxy) is 2. The molecule has 0 heterocycles. The Labute approximate surface area is 94.6 Å². The molecule has 7 heteroatoms. The highest BCUT2D eigenvalue weighted by molar-refractivity contribution is 5.85. The Hall–Kier alpha value is -1.18. The van der Waals surface area contributed by atoms with Crippen molar-refractivity contribution in [3.8, 4) is 0 Å². The molecule has 4 N–H and O–H groups in total. The molecule has 7 nitrogen and oxygen atoms in total. The lowest BCUT2D eigenvalue weighted by Gasteiger charge is -2.22.